The van der Waals surface area contributed by atoms with E-state index in [1.54, 1.807) is 7.11 Å². The van der Waals surface area contributed by atoms with Crippen molar-refractivity contribution in [2.24, 2.45) is 0 Å². The van der Waals surface area contributed by atoms with Gasteiger partial charge in [-0.2, -0.15) is 0 Å². The van der Waals surface area contributed by atoms with Crippen molar-refractivity contribution in [3.8, 4) is 22.9 Å². The van der Waals surface area contributed by atoms with Gasteiger partial charge in [-0.15, -0.1) is 0 Å². The Morgan fingerprint density at radius 3 is 2.74 bits per heavy atom. The number of rotatable bonds is 5. The maximum Gasteiger partial charge on any atom is 0.164 e. The number of aromatic nitrogens is 2. The lowest BCUT2D eigenvalue weighted by atomic mass is 10.0. The van der Waals surface area contributed by atoms with Crippen LogP contribution in [0.4, 0.5) is 0 Å². The molecule has 0 saturated carbocycles. The van der Waals surface area contributed by atoms with Crippen molar-refractivity contribution in [2.45, 2.75) is 25.9 Å². The first-order chi connectivity index (χ1) is 13.2. The number of nitrogens with one attached hydrogen (secondary N) is 1. The van der Waals surface area contributed by atoms with E-state index >= 15 is 0 Å². The van der Waals surface area contributed by atoms with E-state index in [4.69, 9.17) is 9.47 Å². The van der Waals surface area contributed by atoms with Crippen molar-refractivity contribution in [3.63, 3.8) is 0 Å². The fourth-order valence-corrected chi connectivity index (χ4v) is 3.33. The van der Waals surface area contributed by atoms with Crippen molar-refractivity contribution >= 4 is 0 Å². The minimum atomic E-state index is 0.251. The highest BCUT2D eigenvalue weighted by atomic mass is 16.5. The lowest BCUT2D eigenvalue weighted by Gasteiger charge is -2.27. The Bertz CT molecular complexity index is 925. The number of aryl methyl sites for hydroxylation is 1. The Kier molecular flexibility index (Phi) is 5.03. The van der Waals surface area contributed by atoms with Gasteiger partial charge in [-0.3, -0.25) is 0 Å². The van der Waals surface area contributed by atoms with Crippen LogP contribution in [0.25, 0.3) is 11.4 Å². The molecule has 0 radical (unpaired) electrons. The number of hydrogen-bond donors (Lipinski definition) is 1. The summed E-state index contributed by atoms with van der Waals surface area (Å²) >= 11 is 0. The van der Waals surface area contributed by atoms with Gasteiger partial charge in [0.05, 0.1) is 7.11 Å². The van der Waals surface area contributed by atoms with E-state index in [2.05, 4.69) is 40.4 Å². The van der Waals surface area contributed by atoms with E-state index in [1.165, 1.54) is 11.1 Å². The Hall–Kier alpha value is -2.92. The van der Waals surface area contributed by atoms with E-state index < -0.39 is 0 Å². The summed E-state index contributed by atoms with van der Waals surface area (Å²) in [5, 5.41) is 3.54. The fraction of sp³-hybridized carbons (Fsp3) is 0.273. The monoisotopic (exact) mass is 361 g/mol. The third-order valence-electron chi connectivity index (χ3n) is 4.75. The van der Waals surface area contributed by atoms with E-state index in [0.29, 0.717) is 13.2 Å². The van der Waals surface area contributed by atoms with Crippen LogP contribution >= 0.6 is 0 Å². The molecule has 5 nitrogen and oxygen atoms in total. The Morgan fingerprint density at radius 1 is 1.15 bits per heavy atom. The molecule has 1 atom stereocenters. The van der Waals surface area contributed by atoms with Crippen LogP contribution in [0, 0.1) is 6.92 Å². The first-order valence-corrected chi connectivity index (χ1v) is 9.13. The van der Waals surface area contributed by atoms with Crippen molar-refractivity contribution in [1.29, 1.82) is 0 Å². The van der Waals surface area contributed by atoms with Crippen LogP contribution in [-0.2, 0) is 13.0 Å². The number of ether oxygens (including phenoxy) is 2. The summed E-state index contributed by atoms with van der Waals surface area (Å²) in [6.45, 7) is 3.40. The summed E-state index contributed by atoms with van der Waals surface area (Å²) in [4.78, 5) is 9.03. The number of nitrogens with zero attached hydrogens (tertiary/aromatic N) is 2. The summed E-state index contributed by atoms with van der Waals surface area (Å²) in [5.41, 5.74) is 4.48. The van der Waals surface area contributed by atoms with Crippen LogP contribution in [0.3, 0.4) is 0 Å². The first kappa shape index (κ1) is 17.5. The van der Waals surface area contributed by atoms with E-state index in [9.17, 15) is 0 Å². The summed E-state index contributed by atoms with van der Waals surface area (Å²) < 4.78 is 11.3. The normalized spacial score (nSPS) is 15.7. The predicted molar refractivity (Wildman–Crippen MR) is 105 cm³/mol. The molecule has 138 valence electrons. The fourth-order valence-electron chi connectivity index (χ4n) is 3.33. The molecule has 0 spiro atoms. The van der Waals surface area contributed by atoms with Crippen LogP contribution in [0.1, 0.15) is 16.7 Å². The van der Waals surface area contributed by atoms with Crippen molar-refractivity contribution in [1.82, 2.24) is 15.3 Å². The molecule has 0 fully saturated rings. The summed E-state index contributed by atoms with van der Waals surface area (Å²) in [6.07, 6.45) is 4.69. The highest BCUT2D eigenvalue weighted by Crippen LogP contribution is 2.34. The molecule has 0 bridgehead atoms. The van der Waals surface area contributed by atoms with Gasteiger partial charge in [-0.05, 0) is 31.0 Å². The number of hydrogen-bond acceptors (Lipinski definition) is 5. The number of benzene rings is 2. The molecular weight excluding hydrogens is 338 g/mol. The summed E-state index contributed by atoms with van der Waals surface area (Å²) in [6, 6.07) is 14.5. The minimum Gasteiger partial charge on any atom is -0.493 e. The van der Waals surface area contributed by atoms with Gasteiger partial charge < -0.3 is 14.8 Å². The average Bonchev–Trinajstić information content (AvgIpc) is 2.72. The first-order valence-electron chi connectivity index (χ1n) is 9.13. The molecule has 27 heavy (non-hydrogen) atoms. The lowest BCUT2D eigenvalue weighted by molar-refractivity contribution is 0.226. The van der Waals surface area contributed by atoms with Gasteiger partial charge in [0.15, 0.2) is 17.3 Å². The smallest absolute Gasteiger partial charge is 0.164 e. The second-order valence-corrected chi connectivity index (χ2v) is 6.83. The zero-order chi connectivity index (χ0) is 18.6. The molecule has 0 amide bonds. The molecule has 2 heterocycles. The molecule has 3 aromatic rings. The maximum atomic E-state index is 5.92. The second kappa shape index (κ2) is 7.76. The maximum absolute atomic E-state index is 5.92. The van der Waals surface area contributed by atoms with Gasteiger partial charge in [-0.1, -0.05) is 35.9 Å². The van der Waals surface area contributed by atoms with Gasteiger partial charge in [0.1, 0.15) is 6.61 Å². The Labute approximate surface area is 159 Å². The number of fused-ring (bicyclic) bond motifs is 1. The van der Waals surface area contributed by atoms with E-state index in [1.807, 2.05) is 36.7 Å². The Balaban J connectivity index is 1.38. The highest BCUT2D eigenvalue weighted by molar-refractivity contribution is 5.55. The Morgan fingerprint density at radius 2 is 1.96 bits per heavy atom. The quantitative estimate of drug-likeness (QED) is 0.753. The largest absolute Gasteiger partial charge is 0.493 e. The predicted octanol–water partition coefficient (Wildman–Crippen LogP) is 3.55. The highest BCUT2D eigenvalue weighted by Gasteiger charge is 2.22. The standard InChI is InChI=1S/C22H23N3O2/c1-15-5-3-7-18(9-15)22-24-12-16(13-25-22)11-23-19-10-17-6-4-8-20(26-2)21(17)27-14-19/h3-9,12-13,19,23H,10-11,14H2,1-2H3. The van der Waals surface area contributed by atoms with Gasteiger partial charge >= 0.3 is 0 Å². The van der Waals surface area contributed by atoms with Crippen LogP contribution < -0.4 is 14.8 Å². The molecule has 2 aromatic carbocycles. The minimum absolute atomic E-state index is 0.251. The van der Waals surface area contributed by atoms with Crippen LogP contribution in [0.15, 0.2) is 54.9 Å². The zero-order valence-electron chi connectivity index (χ0n) is 15.6. The molecule has 1 N–H and O–H groups in total. The van der Waals surface area contributed by atoms with Gasteiger partial charge in [0.2, 0.25) is 0 Å². The van der Waals surface area contributed by atoms with E-state index in [-0.39, 0.29) is 6.04 Å². The molecule has 5 heteroatoms. The van der Waals surface area contributed by atoms with Crippen LogP contribution in [0.2, 0.25) is 0 Å². The van der Waals surface area contributed by atoms with Crippen LogP contribution in [0.5, 0.6) is 11.5 Å². The van der Waals surface area contributed by atoms with Gasteiger partial charge in [-0.25, -0.2) is 9.97 Å². The van der Waals surface area contributed by atoms with Crippen LogP contribution in [-0.4, -0.2) is 29.7 Å². The molecule has 0 saturated heterocycles. The molecule has 0 aliphatic carbocycles. The van der Waals surface area contributed by atoms with Gasteiger partial charge in [0, 0.05) is 36.1 Å². The van der Waals surface area contributed by atoms with Gasteiger partial charge in [0.25, 0.3) is 0 Å². The topological polar surface area (TPSA) is 56.3 Å². The molecule has 1 unspecified atom stereocenters. The second-order valence-electron chi connectivity index (χ2n) is 6.83. The number of methoxy groups -OCH3 is 1. The average molecular weight is 361 g/mol. The molecule has 4 rings (SSSR count). The summed E-state index contributed by atoms with van der Waals surface area (Å²) in [5.74, 6) is 2.42. The zero-order valence-corrected chi connectivity index (χ0v) is 15.6. The molecular formula is C22H23N3O2. The van der Waals surface area contributed by atoms with E-state index in [0.717, 1.165) is 34.9 Å². The molecule has 1 aliphatic heterocycles. The lowest BCUT2D eigenvalue weighted by Crippen LogP contribution is -2.39. The number of para-hydroxylation sites is 1. The van der Waals surface area contributed by atoms with Crippen molar-refractivity contribution in [3.05, 3.63) is 71.5 Å². The van der Waals surface area contributed by atoms with Crippen molar-refractivity contribution < 1.29 is 9.47 Å². The third-order valence-corrected chi connectivity index (χ3v) is 4.75. The molecule has 1 aromatic heterocycles. The van der Waals surface area contributed by atoms with Crippen molar-refractivity contribution in [2.75, 3.05) is 13.7 Å². The third kappa shape index (κ3) is 3.93. The SMILES string of the molecule is COc1cccc2c1OCC(NCc1cnc(-c3cccc(C)c3)nc1)C2. The summed E-state index contributed by atoms with van der Waals surface area (Å²) in [7, 11) is 1.67. The molecule has 1 aliphatic rings.